The number of nitrogens with two attached hydrogens (primary N) is 1. The van der Waals surface area contributed by atoms with Crippen LogP contribution in [0.1, 0.15) is 30.0 Å². The fourth-order valence-corrected chi connectivity index (χ4v) is 3.24. The standard InChI is InChI=1S/C19H26N4O2/c1-14-12-17(25-21-14)13-22-8-10-23(11-9-22)19(24)15(2)18(20)16-6-4-3-5-7-16/h3-7,12,15,18H,8-11,13,20H2,1-2H3. The van der Waals surface area contributed by atoms with Crippen molar-refractivity contribution in [3.05, 3.63) is 53.4 Å². The number of aryl methyl sites for hydroxylation is 1. The van der Waals surface area contributed by atoms with Crippen LogP contribution in [0.25, 0.3) is 0 Å². The van der Waals surface area contributed by atoms with Gasteiger partial charge in [-0.15, -0.1) is 0 Å². The molecular formula is C19H26N4O2. The van der Waals surface area contributed by atoms with E-state index in [-0.39, 0.29) is 17.9 Å². The third-order valence-electron chi connectivity index (χ3n) is 4.85. The molecule has 0 spiro atoms. The van der Waals surface area contributed by atoms with Gasteiger partial charge in [-0.3, -0.25) is 9.69 Å². The van der Waals surface area contributed by atoms with E-state index in [1.54, 1.807) is 0 Å². The lowest BCUT2D eigenvalue weighted by Crippen LogP contribution is -2.50. The molecule has 134 valence electrons. The maximum absolute atomic E-state index is 12.8. The molecular weight excluding hydrogens is 316 g/mol. The van der Waals surface area contributed by atoms with Crippen LogP contribution < -0.4 is 5.73 Å². The molecule has 3 rings (SSSR count). The number of aromatic nitrogens is 1. The number of carbonyl (C=O) groups excluding carboxylic acids is 1. The first-order chi connectivity index (χ1) is 12.0. The van der Waals surface area contributed by atoms with Crippen molar-refractivity contribution in [3.8, 4) is 0 Å². The van der Waals surface area contributed by atoms with Crippen molar-refractivity contribution < 1.29 is 9.32 Å². The van der Waals surface area contributed by atoms with Crippen LogP contribution in [-0.4, -0.2) is 47.0 Å². The van der Waals surface area contributed by atoms with Crippen LogP contribution in [0.4, 0.5) is 0 Å². The molecule has 0 saturated carbocycles. The highest BCUT2D eigenvalue weighted by molar-refractivity contribution is 5.79. The number of piperazine rings is 1. The largest absolute Gasteiger partial charge is 0.360 e. The Balaban J connectivity index is 1.52. The summed E-state index contributed by atoms with van der Waals surface area (Å²) in [5.74, 6) is 0.772. The van der Waals surface area contributed by atoms with Crippen molar-refractivity contribution in [2.24, 2.45) is 11.7 Å². The summed E-state index contributed by atoms with van der Waals surface area (Å²) >= 11 is 0. The van der Waals surface area contributed by atoms with Crippen molar-refractivity contribution >= 4 is 5.91 Å². The van der Waals surface area contributed by atoms with Crippen molar-refractivity contribution in [1.29, 1.82) is 0 Å². The van der Waals surface area contributed by atoms with E-state index in [1.807, 2.05) is 55.1 Å². The molecule has 2 atom stereocenters. The quantitative estimate of drug-likeness (QED) is 0.899. The molecule has 6 nitrogen and oxygen atoms in total. The fraction of sp³-hybridized carbons (Fsp3) is 0.474. The molecule has 1 aromatic heterocycles. The van der Waals surface area contributed by atoms with Gasteiger partial charge in [0.05, 0.1) is 18.2 Å². The lowest BCUT2D eigenvalue weighted by atomic mass is 9.94. The van der Waals surface area contributed by atoms with Gasteiger partial charge in [0.2, 0.25) is 5.91 Å². The van der Waals surface area contributed by atoms with Crippen LogP contribution in [0.15, 0.2) is 40.9 Å². The van der Waals surface area contributed by atoms with Crippen molar-refractivity contribution in [2.75, 3.05) is 26.2 Å². The monoisotopic (exact) mass is 342 g/mol. The number of hydrogen-bond acceptors (Lipinski definition) is 5. The number of carbonyl (C=O) groups is 1. The maximum atomic E-state index is 12.8. The summed E-state index contributed by atoms with van der Waals surface area (Å²) in [6, 6.07) is 11.5. The average Bonchev–Trinajstić information content (AvgIpc) is 3.06. The Hall–Kier alpha value is -2.18. The molecule has 1 saturated heterocycles. The second-order valence-corrected chi connectivity index (χ2v) is 6.76. The minimum Gasteiger partial charge on any atom is -0.360 e. The summed E-state index contributed by atoms with van der Waals surface area (Å²) in [5.41, 5.74) is 8.20. The van der Waals surface area contributed by atoms with Crippen LogP contribution in [-0.2, 0) is 11.3 Å². The van der Waals surface area contributed by atoms with Gasteiger partial charge in [-0.05, 0) is 12.5 Å². The van der Waals surface area contributed by atoms with Crippen LogP contribution in [0.2, 0.25) is 0 Å². The summed E-state index contributed by atoms with van der Waals surface area (Å²) in [7, 11) is 0. The van der Waals surface area contributed by atoms with E-state index < -0.39 is 0 Å². The topological polar surface area (TPSA) is 75.6 Å². The number of hydrogen-bond donors (Lipinski definition) is 1. The first kappa shape index (κ1) is 17.6. The lowest BCUT2D eigenvalue weighted by molar-refractivity contribution is -0.137. The third-order valence-corrected chi connectivity index (χ3v) is 4.85. The number of benzene rings is 1. The summed E-state index contributed by atoms with van der Waals surface area (Å²) in [5, 5.41) is 3.92. The first-order valence-electron chi connectivity index (χ1n) is 8.78. The predicted molar refractivity (Wildman–Crippen MR) is 95.6 cm³/mol. The zero-order chi connectivity index (χ0) is 17.8. The van der Waals surface area contributed by atoms with Crippen molar-refractivity contribution in [2.45, 2.75) is 26.4 Å². The molecule has 2 N–H and O–H groups in total. The summed E-state index contributed by atoms with van der Waals surface area (Å²) in [4.78, 5) is 17.0. The molecule has 1 amide bonds. The Kier molecular flexibility index (Phi) is 5.50. The highest BCUT2D eigenvalue weighted by atomic mass is 16.5. The molecule has 1 aliphatic heterocycles. The highest BCUT2D eigenvalue weighted by Crippen LogP contribution is 2.22. The smallest absolute Gasteiger partial charge is 0.227 e. The molecule has 1 fully saturated rings. The number of rotatable bonds is 5. The maximum Gasteiger partial charge on any atom is 0.227 e. The zero-order valence-electron chi connectivity index (χ0n) is 14.9. The summed E-state index contributed by atoms with van der Waals surface area (Å²) < 4.78 is 5.27. The minimum atomic E-state index is -0.274. The van der Waals surface area contributed by atoms with Crippen LogP contribution in [0.5, 0.6) is 0 Å². The highest BCUT2D eigenvalue weighted by Gasteiger charge is 2.29. The number of amides is 1. The Morgan fingerprint density at radius 2 is 1.92 bits per heavy atom. The Morgan fingerprint density at radius 3 is 2.52 bits per heavy atom. The molecule has 1 aromatic carbocycles. The minimum absolute atomic E-state index is 0.131. The van der Waals surface area contributed by atoms with E-state index in [4.69, 9.17) is 10.3 Å². The van der Waals surface area contributed by atoms with Gasteiger partial charge in [0.25, 0.3) is 0 Å². The van der Waals surface area contributed by atoms with E-state index >= 15 is 0 Å². The molecule has 2 aromatic rings. The van der Waals surface area contributed by atoms with Crippen molar-refractivity contribution in [1.82, 2.24) is 15.0 Å². The average molecular weight is 342 g/mol. The third kappa shape index (κ3) is 4.27. The van der Waals surface area contributed by atoms with Crippen LogP contribution in [0.3, 0.4) is 0 Å². The molecule has 25 heavy (non-hydrogen) atoms. The van der Waals surface area contributed by atoms with E-state index in [0.717, 1.165) is 49.7 Å². The number of nitrogens with zero attached hydrogens (tertiary/aromatic N) is 3. The van der Waals surface area contributed by atoms with Gasteiger partial charge in [0, 0.05) is 38.3 Å². The molecule has 0 radical (unpaired) electrons. The molecule has 0 bridgehead atoms. The van der Waals surface area contributed by atoms with Gasteiger partial charge >= 0.3 is 0 Å². The SMILES string of the molecule is Cc1cc(CN2CCN(C(=O)C(C)C(N)c3ccccc3)CC2)on1. The lowest BCUT2D eigenvalue weighted by Gasteiger charge is -2.36. The predicted octanol–water partition coefficient (Wildman–Crippen LogP) is 1.96. The van der Waals surface area contributed by atoms with Crippen LogP contribution >= 0.6 is 0 Å². The first-order valence-corrected chi connectivity index (χ1v) is 8.78. The summed E-state index contributed by atoms with van der Waals surface area (Å²) in [6.45, 7) is 7.68. The van der Waals surface area contributed by atoms with Crippen molar-refractivity contribution in [3.63, 3.8) is 0 Å². The molecule has 6 heteroatoms. The molecule has 2 unspecified atom stereocenters. The van der Waals surface area contributed by atoms with E-state index in [9.17, 15) is 4.79 Å². The molecule has 0 aliphatic carbocycles. The second-order valence-electron chi connectivity index (χ2n) is 6.76. The fourth-order valence-electron chi connectivity index (χ4n) is 3.24. The Bertz CT molecular complexity index is 692. The van der Waals surface area contributed by atoms with Gasteiger partial charge in [-0.1, -0.05) is 42.4 Å². The van der Waals surface area contributed by atoms with E-state index in [0.29, 0.717) is 0 Å². The van der Waals surface area contributed by atoms with Gasteiger partial charge in [-0.25, -0.2) is 0 Å². The molecule has 2 heterocycles. The Morgan fingerprint density at radius 1 is 1.24 bits per heavy atom. The van der Waals surface area contributed by atoms with Gasteiger partial charge in [0.15, 0.2) is 5.76 Å². The van der Waals surface area contributed by atoms with E-state index in [1.165, 1.54) is 0 Å². The normalized spacial score (nSPS) is 18.1. The molecule has 1 aliphatic rings. The van der Waals surface area contributed by atoms with Gasteiger partial charge < -0.3 is 15.2 Å². The van der Waals surface area contributed by atoms with Gasteiger partial charge in [-0.2, -0.15) is 0 Å². The Labute approximate surface area is 148 Å². The second kappa shape index (κ2) is 7.80. The van der Waals surface area contributed by atoms with Crippen LogP contribution in [0, 0.1) is 12.8 Å². The van der Waals surface area contributed by atoms with Gasteiger partial charge in [0.1, 0.15) is 0 Å². The van der Waals surface area contributed by atoms with E-state index in [2.05, 4.69) is 10.1 Å². The zero-order valence-corrected chi connectivity index (χ0v) is 14.9. The summed E-state index contributed by atoms with van der Waals surface area (Å²) in [6.07, 6.45) is 0.